The molecule has 0 aliphatic rings. The van der Waals surface area contributed by atoms with E-state index in [1.165, 1.54) is 0 Å². The van der Waals surface area contributed by atoms with E-state index in [0.717, 1.165) is 23.0 Å². The highest BCUT2D eigenvalue weighted by molar-refractivity contribution is 5.76. The Morgan fingerprint density at radius 2 is 1.96 bits per heavy atom. The zero-order chi connectivity index (χ0) is 17.6. The zero-order valence-corrected chi connectivity index (χ0v) is 14.3. The first-order chi connectivity index (χ1) is 12.2. The predicted molar refractivity (Wildman–Crippen MR) is 100 cm³/mol. The van der Waals surface area contributed by atoms with Crippen LogP contribution < -0.4 is 15.0 Å². The molecular weight excluding hydrogens is 316 g/mol. The summed E-state index contributed by atoms with van der Waals surface area (Å²) in [5.74, 6) is 1.37. The number of hydrogen-bond acceptors (Lipinski definition) is 4. The third-order valence-electron chi connectivity index (χ3n) is 3.71. The molecule has 0 bridgehead atoms. The molecule has 0 atom stereocenters. The molecule has 0 saturated heterocycles. The summed E-state index contributed by atoms with van der Waals surface area (Å²) in [6.07, 6.45) is 4.46. The van der Waals surface area contributed by atoms with Gasteiger partial charge < -0.3 is 14.5 Å². The minimum absolute atomic E-state index is 0.217. The van der Waals surface area contributed by atoms with Crippen molar-refractivity contribution in [3.05, 3.63) is 64.1 Å². The van der Waals surface area contributed by atoms with Crippen molar-refractivity contribution in [2.24, 2.45) is 0 Å². The summed E-state index contributed by atoms with van der Waals surface area (Å²) in [6, 6.07) is 13.1. The molecule has 0 amide bonds. The Bertz CT molecular complexity index is 961. The van der Waals surface area contributed by atoms with E-state index >= 15 is 0 Å². The largest absolute Gasteiger partial charge is 0.493 e. The number of nitrogens with one attached hydrogen (secondary N) is 1. The van der Waals surface area contributed by atoms with Gasteiger partial charge in [-0.1, -0.05) is 31.2 Å². The van der Waals surface area contributed by atoms with Gasteiger partial charge in [-0.15, -0.1) is 0 Å². The predicted octanol–water partition coefficient (Wildman–Crippen LogP) is 3.89. The summed E-state index contributed by atoms with van der Waals surface area (Å²) in [4.78, 5) is 19.4. The number of rotatable bonds is 6. The number of aromatic nitrogens is 2. The van der Waals surface area contributed by atoms with Crippen molar-refractivity contribution in [1.29, 1.82) is 0 Å². The number of aromatic amines is 1. The van der Waals surface area contributed by atoms with Crippen molar-refractivity contribution in [2.75, 3.05) is 13.7 Å². The van der Waals surface area contributed by atoms with E-state index < -0.39 is 0 Å². The van der Waals surface area contributed by atoms with Crippen molar-refractivity contribution < 1.29 is 9.47 Å². The van der Waals surface area contributed by atoms with E-state index in [1.54, 1.807) is 13.2 Å². The van der Waals surface area contributed by atoms with Crippen LogP contribution in [0.15, 0.2) is 47.3 Å². The van der Waals surface area contributed by atoms with Gasteiger partial charge in [0.2, 0.25) is 0 Å². The molecule has 5 nitrogen and oxygen atoms in total. The quantitative estimate of drug-likeness (QED) is 0.742. The Hall–Kier alpha value is -3.08. The third-order valence-corrected chi connectivity index (χ3v) is 3.71. The molecule has 5 heteroatoms. The lowest BCUT2D eigenvalue weighted by Gasteiger charge is -2.10. The SMILES string of the molecule is CCCOc1cc(/C=C/c2nc3ccccc3[nH]c2=O)ccc1OC. The van der Waals surface area contributed by atoms with Crippen LogP contribution in [0.4, 0.5) is 0 Å². The third kappa shape index (κ3) is 3.88. The topological polar surface area (TPSA) is 64.2 Å². The van der Waals surface area contributed by atoms with Crippen LogP contribution in [0.25, 0.3) is 23.2 Å². The Labute approximate surface area is 145 Å². The Kier molecular flexibility index (Phi) is 5.14. The van der Waals surface area contributed by atoms with E-state index in [4.69, 9.17) is 9.47 Å². The zero-order valence-electron chi connectivity index (χ0n) is 14.3. The first-order valence-electron chi connectivity index (χ1n) is 8.19. The summed E-state index contributed by atoms with van der Waals surface area (Å²) in [7, 11) is 1.61. The van der Waals surface area contributed by atoms with Gasteiger partial charge in [-0.25, -0.2) is 4.98 Å². The molecule has 1 N–H and O–H groups in total. The van der Waals surface area contributed by atoms with Gasteiger partial charge in [0.1, 0.15) is 5.69 Å². The minimum atomic E-state index is -0.217. The number of ether oxygens (including phenoxy) is 2. The van der Waals surface area contributed by atoms with Crippen LogP contribution in [0.5, 0.6) is 11.5 Å². The number of benzene rings is 2. The lowest BCUT2D eigenvalue weighted by atomic mass is 10.1. The van der Waals surface area contributed by atoms with Crippen molar-refractivity contribution in [3.8, 4) is 11.5 Å². The van der Waals surface area contributed by atoms with Gasteiger partial charge in [-0.2, -0.15) is 0 Å². The van der Waals surface area contributed by atoms with Crippen LogP contribution in [-0.2, 0) is 0 Å². The van der Waals surface area contributed by atoms with Crippen LogP contribution in [-0.4, -0.2) is 23.7 Å². The van der Waals surface area contributed by atoms with E-state index in [2.05, 4.69) is 9.97 Å². The average Bonchev–Trinajstić information content (AvgIpc) is 2.64. The van der Waals surface area contributed by atoms with Crippen LogP contribution in [0.3, 0.4) is 0 Å². The highest BCUT2D eigenvalue weighted by Gasteiger charge is 2.05. The molecule has 25 heavy (non-hydrogen) atoms. The fourth-order valence-electron chi connectivity index (χ4n) is 2.45. The smallest absolute Gasteiger partial charge is 0.274 e. The maximum atomic E-state index is 12.1. The van der Waals surface area contributed by atoms with Crippen LogP contribution in [0, 0.1) is 0 Å². The normalized spacial score (nSPS) is 11.1. The maximum Gasteiger partial charge on any atom is 0.274 e. The van der Waals surface area contributed by atoms with Gasteiger partial charge in [-0.05, 0) is 42.3 Å². The highest BCUT2D eigenvalue weighted by Crippen LogP contribution is 2.28. The molecule has 0 saturated carbocycles. The molecule has 0 spiro atoms. The molecule has 1 heterocycles. The summed E-state index contributed by atoms with van der Waals surface area (Å²) < 4.78 is 11.0. The second-order valence-electron chi connectivity index (χ2n) is 5.56. The molecule has 1 aromatic heterocycles. The molecule has 0 fully saturated rings. The summed E-state index contributed by atoms with van der Waals surface area (Å²) >= 11 is 0. The number of nitrogens with zero attached hydrogens (tertiary/aromatic N) is 1. The molecule has 128 valence electrons. The minimum Gasteiger partial charge on any atom is -0.493 e. The van der Waals surface area contributed by atoms with Gasteiger partial charge in [-0.3, -0.25) is 4.79 Å². The second kappa shape index (κ2) is 7.66. The van der Waals surface area contributed by atoms with Crippen molar-refractivity contribution in [3.63, 3.8) is 0 Å². The first kappa shape index (κ1) is 16.8. The van der Waals surface area contributed by atoms with E-state index in [-0.39, 0.29) is 5.56 Å². The maximum absolute atomic E-state index is 12.1. The molecule has 0 radical (unpaired) electrons. The summed E-state index contributed by atoms with van der Waals surface area (Å²) in [5.41, 5.74) is 2.53. The fourth-order valence-corrected chi connectivity index (χ4v) is 2.45. The van der Waals surface area contributed by atoms with E-state index in [1.807, 2.05) is 55.5 Å². The fraction of sp³-hybridized carbons (Fsp3) is 0.200. The second-order valence-corrected chi connectivity index (χ2v) is 5.56. The van der Waals surface area contributed by atoms with Crippen LogP contribution in [0.1, 0.15) is 24.6 Å². The molecule has 0 unspecified atom stereocenters. The molecule has 0 aliphatic carbocycles. The Morgan fingerprint density at radius 1 is 1.12 bits per heavy atom. The van der Waals surface area contributed by atoms with Crippen molar-refractivity contribution >= 4 is 23.2 Å². The van der Waals surface area contributed by atoms with Gasteiger partial charge in [0.25, 0.3) is 5.56 Å². The van der Waals surface area contributed by atoms with Gasteiger partial charge in [0, 0.05) is 0 Å². The molecule has 3 aromatic rings. The molecular formula is C20H20N2O3. The lowest BCUT2D eigenvalue weighted by molar-refractivity contribution is 0.294. The van der Waals surface area contributed by atoms with Gasteiger partial charge >= 0.3 is 0 Å². The monoisotopic (exact) mass is 336 g/mol. The molecule has 0 aliphatic heterocycles. The summed E-state index contributed by atoms with van der Waals surface area (Å²) in [6.45, 7) is 2.67. The Balaban J connectivity index is 1.91. The van der Waals surface area contributed by atoms with E-state index in [9.17, 15) is 4.79 Å². The molecule has 3 rings (SSSR count). The van der Waals surface area contributed by atoms with Crippen LogP contribution >= 0.6 is 0 Å². The lowest BCUT2D eigenvalue weighted by Crippen LogP contribution is -2.11. The summed E-state index contributed by atoms with van der Waals surface area (Å²) in [5, 5.41) is 0. The number of hydrogen-bond donors (Lipinski definition) is 1. The highest BCUT2D eigenvalue weighted by atomic mass is 16.5. The number of methoxy groups -OCH3 is 1. The first-order valence-corrected chi connectivity index (χ1v) is 8.19. The average molecular weight is 336 g/mol. The number of H-pyrrole nitrogens is 1. The van der Waals surface area contributed by atoms with Crippen LogP contribution in [0.2, 0.25) is 0 Å². The number of fused-ring (bicyclic) bond motifs is 1. The van der Waals surface area contributed by atoms with Gasteiger partial charge in [0.15, 0.2) is 11.5 Å². The number of para-hydroxylation sites is 2. The van der Waals surface area contributed by atoms with Crippen molar-refractivity contribution in [2.45, 2.75) is 13.3 Å². The Morgan fingerprint density at radius 3 is 2.76 bits per heavy atom. The van der Waals surface area contributed by atoms with E-state index in [0.29, 0.717) is 23.8 Å². The molecule has 2 aromatic carbocycles. The van der Waals surface area contributed by atoms with Gasteiger partial charge in [0.05, 0.1) is 24.8 Å². The van der Waals surface area contributed by atoms with Crippen molar-refractivity contribution in [1.82, 2.24) is 9.97 Å². The standard InChI is InChI=1S/C20H20N2O3/c1-3-12-25-19-13-14(9-11-18(19)24-2)8-10-17-20(23)22-16-7-5-4-6-15(16)21-17/h4-11,13H,3,12H2,1-2H3,(H,22,23)/b10-8+.